The van der Waals surface area contributed by atoms with Crippen LogP contribution in [0.1, 0.15) is 18.4 Å². The summed E-state index contributed by atoms with van der Waals surface area (Å²) in [6, 6.07) is 2.56. The maximum Gasteiger partial charge on any atom is 0.240 e. The van der Waals surface area contributed by atoms with Gasteiger partial charge in [0, 0.05) is 29.7 Å². The number of sulfonamides is 1. The number of nitrogens with two attached hydrogens (primary N) is 1. The molecule has 4 N–H and O–H groups in total. The van der Waals surface area contributed by atoms with Crippen LogP contribution in [0.2, 0.25) is 5.02 Å². The summed E-state index contributed by atoms with van der Waals surface area (Å²) < 4.78 is 26.8. The van der Waals surface area contributed by atoms with Crippen LogP contribution in [-0.4, -0.2) is 26.9 Å². The van der Waals surface area contributed by atoms with E-state index >= 15 is 0 Å². The Bertz CT molecular complexity index is 622. The predicted octanol–water partition coefficient (Wildman–Crippen LogP) is 0.788. The maximum absolute atomic E-state index is 12.1. The van der Waals surface area contributed by atoms with Crippen LogP contribution >= 0.6 is 11.6 Å². The zero-order chi connectivity index (χ0) is 14.9. The molecule has 0 bridgehead atoms. The van der Waals surface area contributed by atoms with Gasteiger partial charge in [0.25, 0.3) is 0 Å². The lowest BCUT2D eigenvalue weighted by Gasteiger charge is -2.13. The van der Waals surface area contributed by atoms with Crippen LogP contribution < -0.4 is 15.8 Å². The minimum Gasteiger partial charge on any atom is -0.398 e. The Morgan fingerprint density at radius 1 is 1.50 bits per heavy atom. The van der Waals surface area contributed by atoms with Crippen LogP contribution in [-0.2, 0) is 14.8 Å². The molecule has 0 spiro atoms. The first-order valence-electron chi connectivity index (χ1n) is 6.14. The average molecular weight is 318 g/mol. The van der Waals surface area contributed by atoms with Gasteiger partial charge in [0.2, 0.25) is 15.9 Å². The van der Waals surface area contributed by atoms with E-state index < -0.39 is 10.0 Å². The number of carbonyl (C=O) groups is 1. The normalized spacial score (nSPS) is 19.1. The van der Waals surface area contributed by atoms with Crippen molar-refractivity contribution in [1.29, 1.82) is 0 Å². The highest BCUT2D eigenvalue weighted by Gasteiger charge is 2.23. The fraction of sp³-hybridized carbons (Fsp3) is 0.417. The molecule has 1 aromatic carbocycles. The van der Waals surface area contributed by atoms with Crippen LogP contribution in [0.3, 0.4) is 0 Å². The van der Waals surface area contributed by atoms with Crippen molar-refractivity contribution < 1.29 is 13.2 Å². The highest BCUT2D eigenvalue weighted by molar-refractivity contribution is 7.89. The molecule has 1 aromatic rings. The van der Waals surface area contributed by atoms with Crippen LogP contribution in [0, 0.1) is 6.92 Å². The fourth-order valence-electron chi connectivity index (χ4n) is 1.95. The quantitative estimate of drug-likeness (QED) is 0.714. The van der Waals surface area contributed by atoms with Crippen LogP contribution in [0.5, 0.6) is 0 Å². The van der Waals surface area contributed by atoms with Gasteiger partial charge in [-0.25, -0.2) is 13.1 Å². The largest absolute Gasteiger partial charge is 0.398 e. The molecule has 0 saturated carbocycles. The Morgan fingerprint density at radius 2 is 2.20 bits per heavy atom. The van der Waals surface area contributed by atoms with Gasteiger partial charge >= 0.3 is 0 Å². The summed E-state index contributed by atoms with van der Waals surface area (Å²) in [7, 11) is -3.69. The molecule has 0 aliphatic carbocycles. The number of amides is 1. The molecule has 1 atom stereocenters. The number of anilines is 1. The predicted molar refractivity (Wildman–Crippen MR) is 77.0 cm³/mol. The Morgan fingerprint density at radius 3 is 2.75 bits per heavy atom. The van der Waals surface area contributed by atoms with Crippen LogP contribution in [0.4, 0.5) is 5.69 Å². The second kappa shape index (κ2) is 5.59. The minimum absolute atomic E-state index is 0.0231. The van der Waals surface area contributed by atoms with E-state index in [9.17, 15) is 13.2 Å². The van der Waals surface area contributed by atoms with Crippen molar-refractivity contribution in [3.63, 3.8) is 0 Å². The monoisotopic (exact) mass is 317 g/mol. The number of nitrogens with one attached hydrogen (secondary N) is 2. The number of benzene rings is 1. The van der Waals surface area contributed by atoms with E-state index in [0.717, 1.165) is 0 Å². The smallest absolute Gasteiger partial charge is 0.240 e. The Labute approximate surface area is 122 Å². The van der Waals surface area contributed by atoms with E-state index in [-0.39, 0.29) is 23.4 Å². The Balaban J connectivity index is 2.12. The lowest BCUT2D eigenvalue weighted by atomic mass is 10.2. The number of hydrogen-bond acceptors (Lipinski definition) is 4. The van der Waals surface area contributed by atoms with Crippen molar-refractivity contribution in [2.24, 2.45) is 0 Å². The van der Waals surface area contributed by atoms with E-state index in [0.29, 0.717) is 29.1 Å². The molecule has 1 unspecified atom stereocenters. The van der Waals surface area contributed by atoms with Gasteiger partial charge in [-0.15, -0.1) is 0 Å². The van der Waals surface area contributed by atoms with E-state index in [4.69, 9.17) is 17.3 Å². The number of rotatable bonds is 4. The Kier molecular flexibility index (Phi) is 4.22. The lowest BCUT2D eigenvalue weighted by molar-refractivity contribution is -0.119. The maximum atomic E-state index is 12.1. The van der Waals surface area contributed by atoms with Crippen molar-refractivity contribution in [1.82, 2.24) is 10.0 Å². The summed E-state index contributed by atoms with van der Waals surface area (Å²) in [5, 5.41) is 3.00. The number of hydrogen-bond donors (Lipinski definition) is 3. The molecule has 1 aliphatic rings. The molecule has 20 heavy (non-hydrogen) atoms. The molecule has 1 heterocycles. The van der Waals surface area contributed by atoms with Crippen molar-refractivity contribution >= 4 is 33.2 Å². The summed E-state index contributed by atoms with van der Waals surface area (Å²) in [6.45, 7) is 1.87. The van der Waals surface area contributed by atoms with Gasteiger partial charge in [-0.2, -0.15) is 0 Å². The van der Waals surface area contributed by atoms with Gasteiger partial charge in [-0.3, -0.25) is 4.79 Å². The van der Waals surface area contributed by atoms with Crippen LogP contribution in [0.15, 0.2) is 17.0 Å². The molecule has 1 saturated heterocycles. The molecule has 110 valence electrons. The zero-order valence-electron chi connectivity index (χ0n) is 10.9. The molecule has 2 rings (SSSR count). The van der Waals surface area contributed by atoms with Gasteiger partial charge in [0.15, 0.2) is 0 Å². The fourth-order valence-corrected chi connectivity index (χ4v) is 3.39. The van der Waals surface area contributed by atoms with Crippen molar-refractivity contribution in [2.75, 3.05) is 12.3 Å². The zero-order valence-corrected chi connectivity index (χ0v) is 12.5. The molecule has 0 aromatic heterocycles. The highest BCUT2D eigenvalue weighted by atomic mass is 35.5. The summed E-state index contributed by atoms with van der Waals surface area (Å²) in [6.07, 6.45) is 1.05. The van der Waals surface area contributed by atoms with Crippen molar-refractivity contribution in [2.45, 2.75) is 30.7 Å². The minimum atomic E-state index is -3.69. The standard InChI is InChI=1S/C12H16ClN3O3S/c1-7-10(13)4-9(5-11(7)14)20(18,19)15-6-8-2-3-12(17)16-8/h4-5,8,15H,2-3,6,14H2,1H3,(H,16,17). The highest BCUT2D eigenvalue weighted by Crippen LogP contribution is 2.25. The van der Waals surface area contributed by atoms with Crippen LogP contribution in [0.25, 0.3) is 0 Å². The average Bonchev–Trinajstić information content (AvgIpc) is 2.79. The van der Waals surface area contributed by atoms with Gasteiger partial charge in [0.1, 0.15) is 0 Å². The number of halogens is 1. The summed E-state index contributed by atoms with van der Waals surface area (Å²) in [5.74, 6) is -0.0585. The molecule has 1 amide bonds. The first-order valence-corrected chi connectivity index (χ1v) is 8.00. The molecule has 8 heteroatoms. The second-order valence-corrected chi connectivity index (χ2v) is 6.95. The van der Waals surface area contributed by atoms with Crippen molar-refractivity contribution in [3.8, 4) is 0 Å². The summed E-state index contributed by atoms with van der Waals surface area (Å²) in [4.78, 5) is 11.1. The first-order chi connectivity index (χ1) is 9.29. The third kappa shape index (κ3) is 3.23. The van der Waals surface area contributed by atoms with E-state index in [1.54, 1.807) is 6.92 Å². The molecule has 0 radical (unpaired) electrons. The second-order valence-electron chi connectivity index (χ2n) is 4.77. The SMILES string of the molecule is Cc1c(N)cc(S(=O)(=O)NCC2CCC(=O)N2)cc1Cl. The molecule has 1 aliphatic heterocycles. The summed E-state index contributed by atoms with van der Waals surface area (Å²) in [5.41, 5.74) is 6.69. The van der Waals surface area contributed by atoms with E-state index in [1.165, 1.54) is 12.1 Å². The molecular formula is C12H16ClN3O3S. The van der Waals surface area contributed by atoms with Gasteiger partial charge < -0.3 is 11.1 Å². The molecule has 6 nitrogen and oxygen atoms in total. The van der Waals surface area contributed by atoms with Crippen molar-refractivity contribution in [3.05, 3.63) is 22.7 Å². The molecular weight excluding hydrogens is 302 g/mol. The summed E-state index contributed by atoms with van der Waals surface area (Å²) >= 11 is 5.94. The van der Waals surface area contributed by atoms with Gasteiger partial charge in [-0.05, 0) is 31.0 Å². The number of nitrogen functional groups attached to an aromatic ring is 1. The van der Waals surface area contributed by atoms with E-state index in [2.05, 4.69) is 10.0 Å². The lowest BCUT2D eigenvalue weighted by Crippen LogP contribution is -2.38. The number of carbonyl (C=O) groups excluding carboxylic acids is 1. The Hall–Kier alpha value is -1.31. The third-order valence-corrected chi connectivity index (χ3v) is 5.07. The van der Waals surface area contributed by atoms with E-state index in [1.807, 2.05) is 0 Å². The first kappa shape index (κ1) is 15.1. The van der Waals surface area contributed by atoms with Gasteiger partial charge in [0.05, 0.1) is 4.90 Å². The topological polar surface area (TPSA) is 101 Å². The molecule has 1 fully saturated rings. The third-order valence-electron chi connectivity index (χ3n) is 3.27. The van der Waals surface area contributed by atoms with Gasteiger partial charge in [-0.1, -0.05) is 11.6 Å².